The standard InChI is InChI=1S/C27H33N3O3/c31-24(18-19-8-9-19)26(22-11-10-20-4-1-2-5-21(20)28-22)30-14-12-29(13-15-30)23-6-3-7-25-27(23)33-17-16-32-25/h1-7,19,22,26,28H,8-18H2. The Hall–Kier alpha value is -2.73. The molecule has 2 atom stereocenters. The Morgan fingerprint density at radius 1 is 0.970 bits per heavy atom. The molecule has 4 aliphatic rings. The van der Waals surface area contributed by atoms with E-state index in [1.54, 1.807) is 0 Å². The molecule has 2 aromatic rings. The van der Waals surface area contributed by atoms with Gasteiger partial charge in [0.15, 0.2) is 17.3 Å². The lowest BCUT2D eigenvalue weighted by Gasteiger charge is -2.44. The van der Waals surface area contributed by atoms with E-state index in [2.05, 4.69) is 45.4 Å². The van der Waals surface area contributed by atoms with Gasteiger partial charge < -0.3 is 19.7 Å². The van der Waals surface area contributed by atoms with Crippen LogP contribution in [0.3, 0.4) is 0 Å². The second-order valence-electron chi connectivity index (χ2n) is 9.83. The van der Waals surface area contributed by atoms with Crippen molar-refractivity contribution in [2.24, 2.45) is 5.92 Å². The van der Waals surface area contributed by atoms with Gasteiger partial charge in [-0.1, -0.05) is 24.3 Å². The quantitative estimate of drug-likeness (QED) is 0.728. The van der Waals surface area contributed by atoms with Crippen molar-refractivity contribution in [1.82, 2.24) is 4.90 Å². The van der Waals surface area contributed by atoms with E-state index < -0.39 is 0 Å². The van der Waals surface area contributed by atoms with Gasteiger partial charge in [0.2, 0.25) is 0 Å². The number of hydrogen-bond donors (Lipinski definition) is 1. The van der Waals surface area contributed by atoms with Crippen LogP contribution in [0.1, 0.15) is 31.2 Å². The zero-order chi connectivity index (χ0) is 22.2. The fraction of sp³-hybridized carbons (Fsp3) is 0.519. The molecule has 6 rings (SSSR count). The van der Waals surface area contributed by atoms with Gasteiger partial charge in [-0.2, -0.15) is 0 Å². The molecule has 3 aliphatic heterocycles. The summed E-state index contributed by atoms with van der Waals surface area (Å²) < 4.78 is 11.7. The SMILES string of the molecule is O=C(CC1CC1)C(C1CCc2ccccc2N1)N1CCN(c2cccc3c2OCCO3)CC1. The average molecular weight is 448 g/mol. The highest BCUT2D eigenvalue weighted by atomic mass is 16.6. The van der Waals surface area contributed by atoms with Crippen molar-refractivity contribution in [2.45, 2.75) is 44.2 Å². The lowest BCUT2D eigenvalue weighted by atomic mass is 9.89. The number of nitrogens with zero attached hydrogens (tertiary/aromatic N) is 2. The Morgan fingerprint density at radius 3 is 2.64 bits per heavy atom. The molecule has 6 nitrogen and oxygen atoms in total. The molecule has 1 N–H and O–H groups in total. The number of ketones is 1. The molecule has 0 radical (unpaired) electrons. The van der Waals surface area contributed by atoms with Crippen molar-refractivity contribution >= 4 is 17.2 Å². The second-order valence-corrected chi connectivity index (χ2v) is 9.83. The van der Waals surface area contributed by atoms with Gasteiger partial charge in [0.1, 0.15) is 13.2 Å². The minimum atomic E-state index is -0.0506. The monoisotopic (exact) mass is 447 g/mol. The number of benzene rings is 2. The van der Waals surface area contributed by atoms with E-state index in [0.717, 1.165) is 62.6 Å². The van der Waals surface area contributed by atoms with Gasteiger partial charge in [0, 0.05) is 44.3 Å². The zero-order valence-corrected chi connectivity index (χ0v) is 19.2. The first kappa shape index (κ1) is 20.8. The highest BCUT2D eigenvalue weighted by Gasteiger charge is 2.39. The summed E-state index contributed by atoms with van der Waals surface area (Å²) in [5.41, 5.74) is 3.67. The summed E-state index contributed by atoms with van der Waals surface area (Å²) in [7, 11) is 0. The average Bonchev–Trinajstić information content (AvgIpc) is 3.68. The molecule has 3 heterocycles. The minimum Gasteiger partial charge on any atom is -0.486 e. The maximum Gasteiger partial charge on any atom is 0.184 e. The number of piperazine rings is 1. The maximum absolute atomic E-state index is 13.5. The highest BCUT2D eigenvalue weighted by Crippen LogP contribution is 2.40. The van der Waals surface area contributed by atoms with E-state index in [0.29, 0.717) is 24.9 Å². The van der Waals surface area contributed by atoms with Crippen LogP contribution in [0.4, 0.5) is 11.4 Å². The van der Waals surface area contributed by atoms with E-state index in [4.69, 9.17) is 9.47 Å². The number of hydrogen-bond acceptors (Lipinski definition) is 6. The predicted molar refractivity (Wildman–Crippen MR) is 130 cm³/mol. The van der Waals surface area contributed by atoms with Gasteiger partial charge in [-0.05, 0) is 55.4 Å². The van der Waals surface area contributed by atoms with E-state index >= 15 is 0 Å². The maximum atomic E-state index is 13.5. The number of Topliss-reactive ketones (excluding diaryl/α,β-unsaturated/α-hetero) is 1. The first-order valence-electron chi connectivity index (χ1n) is 12.5. The van der Waals surface area contributed by atoms with Crippen LogP contribution in [0.2, 0.25) is 0 Å². The minimum absolute atomic E-state index is 0.0506. The molecule has 174 valence electrons. The first-order chi connectivity index (χ1) is 16.3. The molecular formula is C27H33N3O3. The number of nitrogens with one attached hydrogen (secondary N) is 1. The predicted octanol–water partition coefficient (Wildman–Crippen LogP) is 3.74. The molecule has 1 saturated heterocycles. The Bertz CT molecular complexity index is 1010. The smallest absolute Gasteiger partial charge is 0.184 e. The molecule has 2 aromatic carbocycles. The fourth-order valence-electron chi connectivity index (χ4n) is 5.66. The lowest BCUT2D eigenvalue weighted by Crippen LogP contribution is -2.58. The molecule has 6 heteroatoms. The molecule has 0 spiro atoms. The van der Waals surface area contributed by atoms with Crippen LogP contribution in [-0.4, -0.2) is 62.2 Å². The number of ether oxygens (including phenoxy) is 2. The number of fused-ring (bicyclic) bond motifs is 2. The number of anilines is 2. The van der Waals surface area contributed by atoms with Crippen molar-refractivity contribution in [3.63, 3.8) is 0 Å². The molecule has 2 fully saturated rings. The molecule has 33 heavy (non-hydrogen) atoms. The largest absolute Gasteiger partial charge is 0.486 e. The van der Waals surface area contributed by atoms with Gasteiger partial charge in [0.05, 0.1) is 11.7 Å². The van der Waals surface area contributed by atoms with Crippen molar-refractivity contribution in [3.8, 4) is 11.5 Å². The number of para-hydroxylation sites is 2. The van der Waals surface area contributed by atoms with Gasteiger partial charge in [-0.15, -0.1) is 0 Å². The second kappa shape index (κ2) is 8.90. The summed E-state index contributed by atoms with van der Waals surface area (Å²) in [6, 6.07) is 14.8. The third-order valence-electron chi connectivity index (χ3n) is 7.57. The molecule has 1 aliphatic carbocycles. The van der Waals surface area contributed by atoms with Crippen molar-refractivity contribution < 1.29 is 14.3 Å². The van der Waals surface area contributed by atoms with Gasteiger partial charge >= 0.3 is 0 Å². The zero-order valence-electron chi connectivity index (χ0n) is 19.2. The first-order valence-corrected chi connectivity index (χ1v) is 12.5. The molecule has 0 amide bonds. The van der Waals surface area contributed by atoms with Crippen LogP contribution in [0.25, 0.3) is 0 Å². The van der Waals surface area contributed by atoms with Crippen LogP contribution in [0.15, 0.2) is 42.5 Å². The van der Waals surface area contributed by atoms with Crippen LogP contribution >= 0.6 is 0 Å². The fourth-order valence-corrected chi connectivity index (χ4v) is 5.66. The van der Waals surface area contributed by atoms with Gasteiger partial charge in [-0.25, -0.2) is 0 Å². The molecule has 1 saturated carbocycles. The number of rotatable bonds is 6. The highest BCUT2D eigenvalue weighted by molar-refractivity contribution is 5.86. The summed E-state index contributed by atoms with van der Waals surface area (Å²) in [4.78, 5) is 18.3. The number of carbonyl (C=O) groups excluding carboxylic acids is 1. The molecule has 0 aromatic heterocycles. The lowest BCUT2D eigenvalue weighted by molar-refractivity contribution is -0.125. The third kappa shape index (κ3) is 4.29. The van der Waals surface area contributed by atoms with E-state index in [1.807, 2.05) is 12.1 Å². The number of carbonyl (C=O) groups is 1. The summed E-state index contributed by atoms with van der Waals surface area (Å²) in [5.74, 6) is 2.75. The molecule has 0 bridgehead atoms. The van der Waals surface area contributed by atoms with Crippen LogP contribution in [0, 0.1) is 5.92 Å². The normalized spacial score (nSPS) is 23.4. The third-order valence-corrected chi connectivity index (χ3v) is 7.57. The van der Waals surface area contributed by atoms with E-state index in [1.165, 1.54) is 24.1 Å². The van der Waals surface area contributed by atoms with Crippen LogP contribution in [0.5, 0.6) is 11.5 Å². The Kier molecular flexibility index (Phi) is 5.62. The van der Waals surface area contributed by atoms with Gasteiger partial charge in [0.25, 0.3) is 0 Å². The van der Waals surface area contributed by atoms with Gasteiger partial charge in [-0.3, -0.25) is 9.69 Å². The van der Waals surface area contributed by atoms with Crippen LogP contribution < -0.4 is 19.7 Å². The summed E-state index contributed by atoms with van der Waals surface area (Å²) in [5, 5.41) is 3.74. The van der Waals surface area contributed by atoms with E-state index in [9.17, 15) is 4.79 Å². The Labute approximate surface area is 195 Å². The summed E-state index contributed by atoms with van der Waals surface area (Å²) in [6.07, 6.45) is 5.22. The summed E-state index contributed by atoms with van der Waals surface area (Å²) in [6.45, 7) is 4.73. The van der Waals surface area contributed by atoms with Crippen molar-refractivity contribution in [1.29, 1.82) is 0 Å². The summed E-state index contributed by atoms with van der Waals surface area (Å²) >= 11 is 0. The molecular weight excluding hydrogens is 414 g/mol. The van der Waals surface area contributed by atoms with Crippen molar-refractivity contribution in [3.05, 3.63) is 48.0 Å². The Morgan fingerprint density at radius 2 is 1.79 bits per heavy atom. The topological polar surface area (TPSA) is 54.0 Å². The molecule has 2 unspecified atom stereocenters. The van der Waals surface area contributed by atoms with Crippen LogP contribution in [-0.2, 0) is 11.2 Å². The van der Waals surface area contributed by atoms with E-state index in [-0.39, 0.29) is 12.1 Å². The van der Waals surface area contributed by atoms with Crippen molar-refractivity contribution in [2.75, 3.05) is 49.6 Å². The number of aryl methyl sites for hydroxylation is 1. The Balaban J connectivity index is 1.19.